The van der Waals surface area contributed by atoms with Crippen LogP contribution in [0.5, 0.6) is 5.75 Å². The van der Waals surface area contributed by atoms with Gasteiger partial charge in [-0.05, 0) is 0 Å². The largest absolute Gasteiger partial charge is 2.00 e. The first-order chi connectivity index (χ1) is 4.93. The van der Waals surface area contributed by atoms with E-state index in [0.717, 1.165) is 5.75 Å². The van der Waals surface area contributed by atoms with Crippen molar-refractivity contribution in [1.82, 2.24) is 0 Å². The Kier molecular flexibility index (Phi) is 20.5. The average molecular weight is 197 g/mol. The van der Waals surface area contributed by atoms with Crippen LogP contribution in [-0.2, 0) is 0 Å². The molecule has 0 saturated heterocycles. The number of ether oxygens (including phenoxy) is 1. The van der Waals surface area contributed by atoms with Crippen LogP contribution < -0.4 is 4.74 Å². The third-order valence-corrected chi connectivity index (χ3v) is 0.923. The fourth-order valence-corrected chi connectivity index (χ4v) is 0.508. The fourth-order valence-electron chi connectivity index (χ4n) is 0.508. The first-order valence-electron chi connectivity index (χ1n) is 3.14. The minimum absolute atomic E-state index is 0. The first kappa shape index (κ1) is 18.0. The van der Waals surface area contributed by atoms with Crippen LogP contribution in [0.4, 0.5) is 0 Å². The molecule has 1 aromatic carbocycles. The van der Waals surface area contributed by atoms with E-state index in [4.69, 9.17) is 4.74 Å². The maximum absolute atomic E-state index is 4.89. The predicted octanol–water partition coefficient (Wildman–Crippen LogP) is 2.38. The molecule has 0 fully saturated rings. The number of rotatable bonds is 1. The Hall–Kier alpha value is 0.0762. The van der Waals surface area contributed by atoms with Gasteiger partial charge >= 0.3 is 23.1 Å². The van der Waals surface area contributed by atoms with Gasteiger partial charge in [-0.25, -0.2) is 0 Å². The summed E-state index contributed by atoms with van der Waals surface area (Å²) in [7, 11) is 1.65. The molecule has 0 amide bonds. The average Bonchev–Trinajstić information content (AvgIpc) is 2.10. The molecule has 0 spiro atoms. The van der Waals surface area contributed by atoms with E-state index in [1.54, 1.807) is 14.0 Å². The van der Waals surface area contributed by atoms with Gasteiger partial charge in [0.25, 0.3) is 0 Å². The van der Waals surface area contributed by atoms with E-state index in [9.17, 15) is 0 Å². The van der Waals surface area contributed by atoms with E-state index in [2.05, 4.69) is 13.0 Å². The molecular formula is C9H13ClMgO. The first-order valence-corrected chi connectivity index (χ1v) is 3.14. The zero-order valence-electron chi connectivity index (χ0n) is 7.54. The van der Waals surface area contributed by atoms with Crippen molar-refractivity contribution in [3.8, 4) is 5.75 Å². The van der Waals surface area contributed by atoms with Gasteiger partial charge < -0.3 is 11.7 Å². The van der Waals surface area contributed by atoms with Crippen molar-refractivity contribution < 1.29 is 4.74 Å². The molecule has 0 aliphatic carbocycles. The van der Waals surface area contributed by atoms with Gasteiger partial charge in [0.2, 0.25) is 0 Å². The Labute approximate surface area is 97.1 Å². The van der Waals surface area contributed by atoms with Gasteiger partial charge in [-0.3, -0.25) is 0 Å². The van der Waals surface area contributed by atoms with Crippen molar-refractivity contribution in [1.29, 1.82) is 0 Å². The zero-order chi connectivity index (χ0) is 7.82. The van der Waals surface area contributed by atoms with Crippen LogP contribution in [0.3, 0.4) is 0 Å². The number of benzene rings is 1. The molecule has 12 heavy (non-hydrogen) atoms. The third kappa shape index (κ3) is 8.18. The molecule has 0 aliphatic rings. The molecular weight excluding hydrogens is 184 g/mol. The number of hydrogen-bond donors (Lipinski definition) is 0. The molecule has 0 N–H and O–H groups in total. The van der Waals surface area contributed by atoms with Crippen LogP contribution in [0.1, 0.15) is 6.92 Å². The summed E-state index contributed by atoms with van der Waals surface area (Å²) in [6.45, 7) is 5.00. The maximum atomic E-state index is 4.89. The molecule has 0 atom stereocenters. The molecule has 0 unspecified atom stereocenters. The van der Waals surface area contributed by atoms with Gasteiger partial charge in [-0.15, -0.1) is 24.5 Å². The molecule has 0 bridgehead atoms. The summed E-state index contributed by atoms with van der Waals surface area (Å²) < 4.78 is 4.89. The van der Waals surface area contributed by atoms with Crippen LogP contribution in [0, 0.1) is 13.0 Å². The third-order valence-electron chi connectivity index (χ3n) is 0.923. The summed E-state index contributed by atoms with van der Waals surface area (Å²) >= 11 is 0. The molecule has 0 heterocycles. The summed E-state index contributed by atoms with van der Waals surface area (Å²) in [6, 6.07) is 10.2. The predicted molar refractivity (Wildman–Crippen MR) is 55.9 cm³/mol. The summed E-state index contributed by atoms with van der Waals surface area (Å²) in [5.41, 5.74) is 0. The molecule has 0 aliphatic heterocycles. The smallest absolute Gasteiger partial charge is 0.522 e. The molecule has 0 saturated carbocycles. The standard InChI is InChI=1S/C7H7O.C2H5.ClH.Mg/c1-8-7-5-3-2-4-6-7;1-2;;/h3-6H,1H3;1H2,2H3;1H;/q2*-1;;+2. The van der Waals surface area contributed by atoms with Crippen molar-refractivity contribution in [2.45, 2.75) is 6.92 Å². The minimum Gasteiger partial charge on any atom is -0.522 e. The number of methoxy groups -OCH3 is 1. The second-order valence-corrected chi connectivity index (χ2v) is 1.44. The van der Waals surface area contributed by atoms with Crippen molar-refractivity contribution in [2.75, 3.05) is 7.11 Å². The Balaban J connectivity index is -0.000000189. The van der Waals surface area contributed by atoms with Gasteiger partial charge in [0.15, 0.2) is 0 Å². The second-order valence-electron chi connectivity index (χ2n) is 1.44. The van der Waals surface area contributed by atoms with Gasteiger partial charge in [0.1, 0.15) is 0 Å². The fraction of sp³-hybridized carbons (Fsp3) is 0.222. The van der Waals surface area contributed by atoms with E-state index in [0.29, 0.717) is 0 Å². The Morgan fingerprint density at radius 3 is 1.92 bits per heavy atom. The Bertz CT molecular complexity index is 156. The zero-order valence-corrected chi connectivity index (χ0v) is 9.77. The number of hydrogen-bond acceptors (Lipinski definition) is 1. The quantitative estimate of drug-likeness (QED) is 0.496. The second kappa shape index (κ2) is 13.7. The van der Waals surface area contributed by atoms with E-state index in [-0.39, 0.29) is 35.5 Å². The van der Waals surface area contributed by atoms with Crippen LogP contribution in [0.2, 0.25) is 0 Å². The topological polar surface area (TPSA) is 9.23 Å². The summed E-state index contributed by atoms with van der Waals surface area (Å²) in [4.78, 5) is 0. The van der Waals surface area contributed by atoms with Crippen LogP contribution in [-0.4, -0.2) is 30.2 Å². The van der Waals surface area contributed by atoms with E-state index < -0.39 is 0 Å². The summed E-state index contributed by atoms with van der Waals surface area (Å²) in [6.07, 6.45) is 0. The Morgan fingerprint density at radius 1 is 1.25 bits per heavy atom. The molecule has 1 nitrogen and oxygen atoms in total. The van der Waals surface area contributed by atoms with Crippen molar-refractivity contribution in [3.05, 3.63) is 37.3 Å². The molecule has 1 aromatic rings. The van der Waals surface area contributed by atoms with Gasteiger partial charge in [-0.2, -0.15) is 25.1 Å². The van der Waals surface area contributed by atoms with Crippen molar-refractivity contribution in [3.63, 3.8) is 0 Å². The Morgan fingerprint density at radius 2 is 1.67 bits per heavy atom. The molecule has 0 radical (unpaired) electrons. The van der Waals surface area contributed by atoms with Crippen LogP contribution in [0.25, 0.3) is 0 Å². The minimum atomic E-state index is 0. The maximum Gasteiger partial charge on any atom is 2.00 e. The van der Waals surface area contributed by atoms with Gasteiger partial charge in [0.05, 0.1) is 7.11 Å². The molecule has 64 valence electrons. The molecule has 3 heteroatoms. The summed E-state index contributed by atoms with van der Waals surface area (Å²) in [5, 5.41) is 0. The van der Waals surface area contributed by atoms with Crippen LogP contribution >= 0.6 is 12.4 Å². The molecule has 0 aromatic heterocycles. The van der Waals surface area contributed by atoms with Crippen molar-refractivity contribution in [2.24, 2.45) is 0 Å². The molecule has 1 rings (SSSR count). The summed E-state index contributed by atoms with van der Waals surface area (Å²) in [5.74, 6) is 0.878. The van der Waals surface area contributed by atoms with Crippen LogP contribution in [0.15, 0.2) is 24.3 Å². The van der Waals surface area contributed by atoms with E-state index >= 15 is 0 Å². The monoisotopic (exact) mass is 196 g/mol. The number of halogens is 1. The van der Waals surface area contributed by atoms with E-state index in [1.807, 2.05) is 24.3 Å². The van der Waals surface area contributed by atoms with Crippen molar-refractivity contribution >= 4 is 35.5 Å². The van der Waals surface area contributed by atoms with Gasteiger partial charge in [0, 0.05) is 5.75 Å². The van der Waals surface area contributed by atoms with Gasteiger partial charge in [-0.1, -0.05) is 0 Å². The SMILES string of the molecule is COc1cc[c-]cc1.Cl.[CH2-]C.[Mg+2]. The normalized spacial score (nSPS) is 6.25. The van der Waals surface area contributed by atoms with E-state index in [1.165, 1.54) is 0 Å².